The Kier molecular flexibility index (Phi) is 14.6. The number of nitrogens with two attached hydrogens (primary N) is 1. The maximum atomic E-state index is 12.8. The maximum Gasteiger partial charge on any atom is 0.245 e. The average Bonchev–Trinajstić information content (AvgIpc) is 2.85. The summed E-state index contributed by atoms with van der Waals surface area (Å²) >= 11 is 0. The van der Waals surface area contributed by atoms with Crippen molar-refractivity contribution in [1.82, 2.24) is 31.9 Å². The number of carbonyl (C=O) groups excluding carboxylic acids is 5. The maximum absolute atomic E-state index is 12.8. The van der Waals surface area contributed by atoms with E-state index in [0.29, 0.717) is 19.4 Å². The summed E-state index contributed by atoms with van der Waals surface area (Å²) in [5, 5.41) is 45.0. The van der Waals surface area contributed by atoms with Gasteiger partial charge in [-0.3, -0.25) is 24.0 Å². The van der Waals surface area contributed by atoms with Gasteiger partial charge in [0.25, 0.3) is 0 Å². The smallest absolute Gasteiger partial charge is 0.245 e. The fourth-order valence-corrected chi connectivity index (χ4v) is 3.67. The van der Waals surface area contributed by atoms with Crippen molar-refractivity contribution in [3.8, 4) is 0 Å². The van der Waals surface area contributed by atoms with Gasteiger partial charge in [0.05, 0.1) is 37.4 Å². The number of aliphatic hydroxyl groups excluding tert-OH is 3. The molecule has 1 aliphatic heterocycles. The van der Waals surface area contributed by atoms with E-state index in [1.807, 2.05) is 0 Å². The lowest BCUT2D eigenvalue weighted by Crippen LogP contribution is -2.60. The molecule has 1 rings (SSSR count). The number of carbonyl (C=O) groups is 5. The van der Waals surface area contributed by atoms with Crippen molar-refractivity contribution < 1.29 is 39.3 Å². The van der Waals surface area contributed by atoms with Crippen molar-refractivity contribution in [2.75, 3.05) is 33.4 Å². The van der Waals surface area contributed by atoms with E-state index < -0.39 is 73.2 Å². The molecule has 0 aromatic heterocycles. The Morgan fingerprint density at radius 2 is 1.81 bits per heavy atom. The molecule has 6 atom stereocenters. The number of amides is 5. The van der Waals surface area contributed by atoms with Gasteiger partial charge in [-0.15, -0.1) is 0 Å². The zero-order valence-electron chi connectivity index (χ0n) is 21.3. The number of nitrogens with one attached hydrogen (secondary N) is 6. The Hall–Kier alpha value is -2.85. The van der Waals surface area contributed by atoms with Crippen LogP contribution in [0.2, 0.25) is 0 Å². The summed E-state index contributed by atoms with van der Waals surface area (Å²) < 4.78 is 0. The van der Waals surface area contributed by atoms with Gasteiger partial charge in [0.2, 0.25) is 29.5 Å². The summed E-state index contributed by atoms with van der Waals surface area (Å²) in [4.78, 5) is 61.8. The highest BCUT2D eigenvalue weighted by atomic mass is 16.3. The Bertz CT molecular complexity index is 782. The second-order valence-corrected chi connectivity index (χ2v) is 8.95. The number of primary amides is 1. The number of rotatable bonds is 7. The van der Waals surface area contributed by atoms with Gasteiger partial charge in [0, 0.05) is 19.5 Å². The number of likely N-dealkylation sites (N-methyl/N-ethyl adjacent to an activating group) is 1. The van der Waals surface area contributed by atoms with Crippen LogP contribution < -0.4 is 37.6 Å². The SMILES string of the molecule is CN[C@H]1CCC(=O)NCCCC[C@@H](C(=O)N[C@@H](CO)C(N)=O)NC[C@H](CO)NC(=O)[C@H](C(C)O)NC1=O. The molecule has 0 bridgehead atoms. The lowest BCUT2D eigenvalue weighted by Gasteiger charge is -2.27. The van der Waals surface area contributed by atoms with Gasteiger partial charge >= 0.3 is 0 Å². The summed E-state index contributed by atoms with van der Waals surface area (Å²) in [5.41, 5.74) is 5.18. The molecule has 0 aromatic rings. The minimum absolute atomic E-state index is 0.0410. The molecular formula is C22H41N7O8. The summed E-state index contributed by atoms with van der Waals surface area (Å²) in [7, 11) is 1.54. The van der Waals surface area contributed by atoms with Crippen molar-refractivity contribution in [3.63, 3.8) is 0 Å². The molecule has 1 fully saturated rings. The van der Waals surface area contributed by atoms with E-state index in [-0.39, 0.29) is 31.7 Å². The van der Waals surface area contributed by atoms with E-state index in [1.165, 1.54) is 14.0 Å². The highest BCUT2D eigenvalue weighted by Gasteiger charge is 2.31. The Morgan fingerprint density at radius 3 is 2.38 bits per heavy atom. The summed E-state index contributed by atoms with van der Waals surface area (Å²) in [5.74, 6) is -3.14. The third-order valence-electron chi connectivity index (χ3n) is 5.97. The number of hydrogen-bond donors (Lipinski definition) is 10. The van der Waals surface area contributed by atoms with Gasteiger partial charge < -0.3 is 53.0 Å². The first kappa shape index (κ1) is 32.2. The third kappa shape index (κ3) is 11.4. The van der Waals surface area contributed by atoms with Gasteiger partial charge in [-0.1, -0.05) is 0 Å². The molecule has 0 spiro atoms. The van der Waals surface area contributed by atoms with Gasteiger partial charge in [-0.25, -0.2) is 0 Å². The van der Waals surface area contributed by atoms with Crippen LogP contribution in [-0.2, 0) is 24.0 Å². The molecule has 212 valence electrons. The summed E-state index contributed by atoms with van der Waals surface area (Å²) in [6.45, 7) is 0.386. The van der Waals surface area contributed by atoms with Gasteiger partial charge in [0.15, 0.2) is 0 Å². The molecule has 5 amide bonds. The molecule has 1 heterocycles. The van der Waals surface area contributed by atoms with E-state index in [1.54, 1.807) is 0 Å². The largest absolute Gasteiger partial charge is 0.394 e. The van der Waals surface area contributed by atoms with Crippen LogP contribution in [-0.4, -0.2) is 115 Å². The molecule has 15 heteroatoms. The van der Waals surface area contributed by atoms with Crippen molar-refractivity contribution in [2.45, 2.75) is 75.3 Å². The quantitative estimate of drug-likeness (QED) is 0.150. The first-order valence-electron chi connectivity index (χ1n) is 12.3. The molecule has 0 aliphatic carbocycles. The minimum Gasteiger partial charge on any atom is -0.394 e. The Morgan fingerprint density at radius 1 is 1.11 bits per heavy atom. The average molecular weight is 532 g/mol. The van der Waals surface area contributed by atoms with E-state index in [4.69, 9.17) is 5.73 Å². The monoisotopic (exact) mass is 531 g/mol. The van der Waals surface area contributed by atoms with Crippen LogP contribution in [0.5, 0.6) is 0 Å². The van der Waals surface area contributed by atoms with E-state index in [9.17, 15) is 39.3 Å². The second kappa shape index (κ2) is 16.8. The highest BCUT2D eigenvalue weighted by Crippen LogP contribution is 2.05. The number of hydrogen-bond acceptors (Lipinski definition) is 10. The van der Waals surface area contributed by atoms with Gasteiger partial charge in [0.1, 0.15) is 12.1 Å². The molecule has 0 saturated carbocycles. The van der Waals surface area contributed by atoms with Crippen molar-refractivity contribution in [3.05, 3.63) is 0 Å². The molecule has 1 aliphatic rings. The van der Waals surface area contributed by atoms with Crippen LogP contribution in [0.1, 0.15) is 39.0 Å². The standard InChI is InChI=1S/C22H41N7O8/c1-12(32)18-22(37)27-13(10-30)9-26-15(21(36)28-16(11-31)19(23)34)5-3-4-8-25-17(33)7-6-14(24-2)20(35)29-18/h12-16,18,24,26,30-32H,3-11H2,1-2H3,(H2,23,34)(H,25,33)(H,27,37)(H,28,36)(H,29,35)/t12?,13-,14+,15+,16+,18+/m1/s1. The molecule has 0 aromatic carbocycles. The van der Waals surface area contributed by atoms with Crippen LogP contribution in [0.15, 0.2) is 0 Å². The van der Waals surface area contributed by atoms with E-state index in [2.05, 4.69) is 31.9 Å². The molecule has 37 heavy (non-hydrogen) atoms. The van der Waals surface area contributed by atoms with Crippen molar-refractivity contribution in [1.29, 1.82) is 0 Å². The minimum atomic E-state index is -1.34. The Balaban J connectivity index is 3.07. The zero-order valence-corrected chi connectivity index (χ0v) is 21.3. The molecule has 15 nitrogen and oxygen atoms in total. The lowest BCUT2D eigenvalue weighted by atomic mass is 10.1. The zero-order chi connectivity index (χ0) is 28.0. The first-order valence-corrected chi connectivity index (χ1v) is 12.3. The van der Waals surface area contributed by atoms with Gasteiger partial charge in [-0.05, 0) is 39.7 Å². The molecule has 0 radical (unpaired) electrons. The van der Waals surface area contributed by atoms with Crippen LogP contribution in [0, 0.1) is 0 Å². The molecule has 11 N–H and O–H groups in total. The summed E-state index contributed by atoms with van der Waals surface area (Å²) in [6, 6.07) is -5.17. The fourth-order valence-electron chi connectivity index (χ4n) is 3.67. The van der Waals surface area contributed by atoms with E-state index in [0.717, 1.165) is 0 Å². The second-order valence-electron chi connectivity index (χ2n) is 8.95. The Labute approximate surface area is 215 Å². The molecule has 1 unspecified atom stereocenters. The van der Waals surface area contributed by atoms with Gasteiger partial charge in [-0.2, -0.15) is 0 Å². The van der Waals surface area contributed by atoms with Crippen molar-refractivity contribution in [2.24, 2.45) is 5.73 Å². The van der Waals surface area contributed by atoms with Crippen LogP contribution in [0.4, 0.5) is 0 Å². The third-order valence-corrected chi connectivity index (χ3v) is 5.97. The summed E-state index contributed by atoms with van der Waals surface area (Å²) in [6.07, 6.45) is 0.221. The fraction of sp³-hybridized carbons (Fsp3) is 0.773. The van der Waals surface area contributed by atoms with Crippen molar-refractivity contribution >= 4 is 29.5 Å². The number of aliphatic hydroxyl groups is 3. The predicted octanol–water partition coefficient (Wildman–Crippen LogP) is -5.08. The predicted molar refractivity (Wildman–Crippen MR) is 132 cm³/mol. The van der Waals surface area contributed by atoms with E-state index >= 15 is 0 Å². The van der Waals surface area contributed by atoms with Crippen LogP contribution in [0.3, 0.4) is 0 Å². The highest BCUT2D eigenvalue weighted by molar-refractivity contribution is 5.91. The van der Waals surface area contributed by atoms with Crippen LogP contribution in [0.25, 0.3) is 0 Å². The van der Waals surface area contributed by atoms with Crippen LogP contribution >= 0.6 is 0 Å². The molecular weight excluding hydrogens is 490 g/mol. The molecule has 1 saturated heterocycles. The first-order chi connectivity index (χ1) is 17.5. The topological polar surface area (TPSA) is 244 Å². The lowest BCUT2D eigenvalue weighted by molar-refractivity contribution is -0.133. The normalized spacial score (nSPS) is 26.9.